The first kappa shape index (κ1) is 15.5. The average molecular weight is 299 g/mol. The third-order valence-corrected chi connectivity index (χ3v) is 5.64. The van der Waals surface area contributed by atoms with Gasteiger partial charge in [0, 0.05) is 19.3 Å². The normalized spacial score (nSPS) is 19.7. The lowest BCUT2D eigenvalue weighted by Crippen LogP contribution is -2.38. The van der Waals surface area contributed by atoms with E-state index in [0.29, 0.717) is 11.6 Å². The fraction of sp³-hybridized carbons (Fsp3) is 0.786. The second-order valence-corrected chi connectivity index (χ2v) is 7.62. The summed E-state index contributed by atoms with van der Waals surface area (Å²) in [6.45, 7) is 2.00. The number of aromatic nitrogens is 2. The Bertz CT molecular complexity index is 516. The Morgan fingerprint density at radius 1 is 1.35 bits per heavy atom. The molecule has 1 atom stereocenters. The summed E-state index contributed by atoms with van der Waals surface area (Å²) in [6, 6.07) is 1.77. The number of nitrogens with one attached hydrogen (secondary N) is 1. The second-order valence-electron chi connectivity index (χ2n) is 5.86. The molecule has 0 bridgehead atoms. The fourth-order valence-corrected chi connectivity index (χ4v) is 4.48. The summed E-state index contributed by atoms with van der Waals surface area (Å²) in [4.78, 5) is 0. The van der Waals surface area contributed by atoms with Crippen LogP contribution in [0.4, 0.5) is 0 Å². The van der Waals surface area contributed by atoms with Crippen LogP contribution in [0.5, 0.6) is 0 Å². The van der Waals surface area contributed by atoms with E-state index in [-0.39, 0.29) is 11.8 Å². The first-order chi connectivity index (χ1) is 9.48. The van der Waals surface area contributed by atoms with Crippen molar-refractivity contribution < 1.29 is 8.42 Å². The van der Waals surface area contributed by atoms with Gasteiger partial charge >= 0.3 is 0 Å². The van der Waals surface area contributed by atoms with Gasteiger partial charge in [0.15, 0.2) is 0 Å². The molecule has 0 amide bonds. The summed E-state index contributed by atoms with van der Waals surface area (Å²) in [5.74, 6) is 0.472. The summed E-state index contributed by atoms with van der Waals surface area (Å²) >= 11 is 0. The Kier molecular flexibility index (Phi) is 5.21. The van der Waals surface area contributed by atoms with Crippen molar-refractivity contribution in [1.82, 2.24) is 14.5 Å². The maximum absolute atomic E-state index is 12.2. The van der Waals surface area contributed by atoms with Crippen LogP contribution in [-0.2, 0) is 22.8 Å². The van der Waals surface area contributed by atoms with Gasteiger partial charge in [0.2, 0.25) is 10.0 Å². The monoisotopic (exact) mass is 299 g/mol. The van der Waals surface area contributed by atoms with Crippen LogP contribution in [-0.4, -0.2) is 24.2 Å². The van der Waals surface area contributed by atoms with Crippen molar-refractivity contribution in [2.75, 3.05) is 0 Å². The molecule has 20 heavy (non-hydrogen) atoms. The Hall–Kier alpha value is -0.880. The lowest BCUT2D eigenvalue weighted by molar-refractivity contribution is 0.370. The molecule has 1 aliphatic rings. The van der Waals surface area contributed by atoms with E-state index in [9.17, 15) is 8.42 Å². The minimum atomic E-state index is -3.30. The largest absolute Gasteiger partial charge is 0.272 e. The zero-order valence-corrected chi connectivity index (χ0v) is 13.2. The zero-order valence-electron chi connectivity index (χ0n) is 12.4. The maximum atomic E-state index is 12.2. The van der Waals surface area contributed by atoms with Crippen LogP contribution in [0.3, 0.4) is 0 Å². The van der Waals surface area contributed by atoms with Crippen molar-refractivity contribution in [3.63, 3.8) is 0 Å². The molecule has 1 aromatic rings. The lowest BCUT2D eigenvalue weighted by atomic mass is 9.94. The average Bonchev–Trinajstić information content (AvgIpc) is 2.65. The molecule has 1 N–H and O–H groups in total. The maximum Gasteiger partial charge on any atom is 0.217 e. The summed E-state index contributed by atoms with van der Waals surface area (Å²) < 4.78 is 28.9. The third kappa shape index (κ3) is 4.31. The second kappa shape index (κ2) is 6.72. The quantitative estimate of drug-likeness (QED) is 0.848. The molecule has 1 aromatic heterocycles. The molecule has 1 heterocycles. The van der Waals surface area contributed by atoms with Gasteiger partial charge in [0.1, 0.15) is 5.75 Å². The molecule has 2 rings (SSSR count). The van der Waals surface area contributed by atoms with Crippen LogP contribution < -0.4 is 4.72 Å². The standard InChI is InChI=1S/C14H25N3O2S/c1-12(13-7-5-3-4-6-8-13)16-20(18,19)11-14-9-10-15-17(14)2/h9-10,12-13,16H,3-8,11H2,1-2H3/t12-/m0/s1. The first-order valence-electron chi connectivity index (χ1n) is 7.45. The van der Waals surface area contributed by atoms with Gasteiger partial charge in [-0.15, -0.1) is 0 Å². The Labute approximate surface area is 121 Å². The van der Waals surface area contributed by atoms with E-state index in [1.807, 2.05) is 6.92 Å². The third-order valence-electron chi connectivity index (χ3n) is 4.23. The Morgan fingerprint density at radius 3 is 2.55 bits per heavy atom. The number of hydrogen-bond donors (Lipinski definition) is 1. The predicted octanol–water partition coefficient (Wildman–Crippen LogP) is 2.20. The van der Waals surface area contributed by atoms with Gasteiger partial charge in [-0.25, -0.2) is 13.1 Å². The minimum absolute atomic E-state index is 0.000556. The molecular weight excluding hydrogens is 274 g/mol. The number of rotatable bonds is 5. The minimum Gasteiger partial charge on any atom is -0.272 e. The van der Waals surface area contributed by atoms with E-state index in [2.05, 4.69) is 9.82 Å². The summed E-state index contributed by atoms with van der Waals surface area (Å²) in [5, 5.41) is 4.01. The first-order valence-corrected chi connectivity index (χ1v) is 9.10. The van der Waals surface area contributed by atoms with Crippen LogP contribution in [0, 0.1) is 5.92 Å². The molecule has 114 valence electrons. The van der Waals surface area contributed by atoms with Crippen LogP contribution in [0.25, 0.3) is 0 Å². The fourth-order valence-electron chi connectivity index (χ4n) is 2.97. The zero-order chi connectivity index (χ0) is 14.6. The molecule has 5 nitrogen and oxygen atoms in total. The van der Waals surface area contributed by atoms with Crippen molar-refractivity contribution in [1.29, 1.82) is 0 Å². The van der Waals surface area contributed by atoms with Gasteiger partial charge in [0.05, 0.1) is 5.69 Å². The summed E-state index contributed by atoms with van der Waals surface area (Å²) in [5.41, 5.74) is 0.713. The van der Waals surface area contributed by atoms with Crippen molar-refractivity contribution in [3.05, 3.63) is 18.0 Å². The van der Waals surface area contributed by atoms with Crippen molar-refractivity contribution in [3.8, 4) is 0 Å². The van der Waals surface area contributed by atoms with Crippen LogP contribution in [0.15, 0.2) is 12.3 Å². The van der Waals surface area contributed by atoms with Crippen molar-refractivity contribution in [2.45, 2.75) is 57.2 Å². The molecule has 0 aliphatic heterocycles. The van der Waals surface area contributed by atoms with Gasteiger partial charge in [-0.05, 0) is 31.7 Å². The SMILES string of the molecule is C[C@H](NS(=O)(=O)Cc1ccnn1C)C1CCCCCC1. The van der Waals surface area contributed by atoms with Crippen LogP contribution in [0.1, 0.15) is 51.1 Å². The van der Waals surface area contributed by atoms with E-state index in [1.165, 1.54) is 25.7 Å². The molecule has 6 heteroatoms. The smallest absolute Gasteiger partial charge is 0.217 e. The number of aryl methyl sites for hydroxylation is 1. The van der Waals surface area contributed by atoms with Gasteiger partial charge in [0.25, 0.3) is 0 Å². The predicted molar refractivity (Wildman–Crippen MR) is 79.6 cm³/mol. The topological polar surface area (TPSA) is 64.0 Å². The van der Waals surface area contributed by atoms with E-state index in [4.69, 9.17) is 0 Å². The van der Waals surface area contributed by atoms with Crippen molar-refractivity contribution >= 4 is 10.0 Å². The molecule has 0 spiro atoms. The molecule has 0 unspecified atom stereocenters. The molecule has 0 aromatic carbocycles. The number of hydrogen-bond acceptors (Lipinski definition) is 3. The van der Waals surface area contributed by atoms with E-state index < -0.39 is 10.0 Å². The molecule has 1 saturated carbocycles. The number of nitrogens with zero attached hydrogens (tertiary/aromatic N) is 2. The van der Waals surface area contributed by atoms with E-state index in [1.54, 1.807) is 24.0 Å². The highest BCUT2D eigenvalue weighted by Gasteiger charge is 2.24. The number of sulfonamides is 1. The lowest BCUT2D eigenvalue weighted by Gasteiger charge is -2.23. The van der Waals surface area contributed by atoms with Gasteiger partial charge in [-0.2, -0.15) is 5.10 Å². The van der Waals surface area contributed by atoms with Gasteiger partial charge < -0.3 is 0 Å². The van der Waals surface area contributed by atoms with Crippen molar-refractivity contribution in [2.24, 2.45) is 13.0 Å². The highest BCUT2D eigenvalue weighted by molar-refractivity contribution is 7.88. The molecule has 0 radical (unpaired) electrons. The summed E-state index contributed by atoms with van der Waals surface area (Å²) in [6.07, 6.45) is 8.90. The summed E-state index contributed by atoms with van der Waals surface area (Å²) in [7, 11) is -1.53. The van der Waals surface area contributed by atoms with Crippen LogP contribution in [0.2, 0.25) is 0 Å². The van der Waals surface area contributed by atoms with Gasteiger partial charge in [-0.1, -0.05) is 25.7 Å². The molecule has 1 aliphatic carbocycles. The molecular formula is C14H25N3O2S. The van der Waals surface area contributed by atoms with Crippen LogP contribution >= 0.6 is 0 Å². The highest BCUT2D eigenvalue weighted by Crippen LogP contribution is 2.25. The molecule has 1 fully saturated rings. The van der Waals surface area contributed by atoms with E-state index >= 15 is 0 Å². The molecule has 0 saturated heterocycles. The Morgan fingerprint density at radius 2 is 2.00 bits per heavy atom. The van der Waals surface area contributed by atoms with E-state index in [0.717, 1.165) is 12.8 Å². The Balaban J connectivity index is 1.95. The highest BCUT2D eigenvalue weighted by atomic mass is 32.2. The van der Waals surface area contributed by atoms with Gasteiger partial charge in [-0.3, -0.25) is 4.68 Å².